The maximum absolute atomic E-state index is 12.8. The molecule has 146 valence electrons. The third-order valence-corrected chi connectivity index (χ3v) is 6.60. The standard InChI is InChI=1S/C20H25Cl2N3O2/c1-24-19(23-18-10-17(22)16(21)9-15(18)20(24)26)14-3-2-6-25(12-14)11-13-4-7-27-8-5-13/h9-10,13-14H,2-8,11-12H2,1H3/t14-/m0/s1. The number of rotatable bonds is 3. The van der Waals surface area contributed by atoms with E-state index in [0.717, 1.165) is 64.4 Å². The average Bonchev–Trinajstić information content (AvgIpc) is 2.67. The minimum absolute atomic E-state index is 0.0601. The molecule has 1 atom stereocenters. The fourth-order valence-electron chi connectivity index (χ4n) is 4.37. The van der Waals surface area contributed by atoms with Crippen LogP contribution in [0.25, 0.3) is 10.9 Å². The molecule has 5 nitrogen and oxygen atoms in total. The zero-order chi connectivity index (χ0) is 19.0. The van der Waals surface area contributed by atoms with E-state index in [1.807, 2.05) is 7.05 Å². The topological polar surface area (TPSA) is 47.4 Å². The number of piperidine rings is 1. The monoisotopic (exact) mass is 409 g/mol. The summed E-state index contributed by atoms with van der Waals surface area (Å²) >= 11 is 12.2. The van der Waals surface area contributed by atoms with Gasteiger partial charge in [-0.25, -0.2) is 4.98 Å². The summed E-state index contributed by atoms with van der Waals surface area (Å²) in [5, 5.41) is 1.34. The third kappa shape index (κ3) is 4.02. The molecular formula is C20H25Cl2N3O2. The molecule has 27 heavy (non-hydrogen) atoms. The number of hydrogen-bond acceptors (Lipinski definition) is 4. The van der Waals surface area contributed by atoms with Crippen molar-refractivity contribution in [2.75, 3.05) is 32.8 Å². The van der Waals surface area contributed by atoms with E-state index in [-0.39, 0.29) is 11.5 Å². The first kappa shape index (κ1) is 19.2. The Morgan fingerprint density at radius 3 is 2.70 bits per heavy atom. The minimum Gasteiger partial charge on any atom is -0.381 e. The van der Waals surface area contributed by atoms with E-state index < -0.39 is 0 Å². The largest absolute Gasteiger partial charge is 0.381 e. The van der Waals surface area contributed by atoms with Gasteiger partial charge in [-0.15, -0.1) is 0 Å². The Morgan fingerprint density at radius 2 is 1.93 bits per heavy atom. The molecule has 2 aromatic rings. The summed E-state index contributed by atoms with van der Waals surface area (Å²) < 4.78 is 7.17. The zero-order valence-corrected chi connectivity index (χ0v) is 17.1. The molecule has 0 unspecified atom stereocenters. The second kappa shape index (κ2) is 8.08. The molecule has 7 heteroatoms. The van der Waals surface area contributed by atoms with Crippen LogP contribution in [0.3, 0.4) is 0 Å². The van der Waals surface area contributed by atoms with Crippen LogP contribution in [0.2, 0.25) is 10.0 Å². The van der Waals surface area contributed by atoms with E-state index >= 15 is 0 Å². The molecular weight excluding hydrogens is 385 g/mol. The minimum atomic E-state index is -0.0601. The van der Waals surface area contributed by atoms with Crippen molar-refractivity contribution < 1.29 is 4.74 Å². The smallest absolute Gasteiger partial charge is 0.261 e. The lowest BCUT2D eigenvalue weighted by Crippen LogP contribution is -2.40. The van der Waals surface area contributed by atoms with Gasteiger partial charge in [0.2, 0.25) is 0 Å². The van der Waals surface area contributed by atoms with E-state index in [1.165, 1.54) is 0 Å². The molecule has 0 N–H and O–H groups in total. The fourth-order valence-corrected chi connectivity index (χ4v) is 4.70. The molecule has 0 bridgehead atoms. The first-order chi connectivity index (χ1) is 13.0. The number of ether oxygens (including phenoxy) is 1. The maximum Gasteiger partial charge on any atom is 0.261 e. The number of halogens is 2. The highest BCUT2D eigenvalue weighted by Gasteiger charge is 2.27. The molecule has 2 aliphatic heterocycles. The molecule has 1 aromatic heterocycles. The van der Waals surface area contributed by atoms with Crippen molar-refractivity contribution in [1.29, 1.82) is 0 Å². The number of nitrogens with zero attached hydrogens (tertiary/aromatic N) is 3. The summed E-state index contributed by atoms with van der Waals surface area (Å²) in [6, 6.07) is 3.32. The lowest BCUT2D eigenvalue weighted by Gasteiger charge is -2.36. The average molecular weight is 410 g/mol. The Balaban J connectivity index is 1.60. The Labute approximate surface area is 169 Å². The molecule has 2 aliphatic rings. The number of aromatic nitrogens is 2. The van der Waals surface area contributed by atoms with E-state index in [1.54, 1.807) is 16.7 Å². The van der Waals surface area contributed by atoms with Crippen LogP contribution >= 0.6 is 23.2 Å². The lowest BCUT2D eigenvalue weighted by molar-refractivity contribution is 0.0479. The van der Waals surface area contributed by atoms with Crippen LogP contribution in [0, 0.1) is 5.92 Å². The second-order valence-corrected chi connectivity index (χ2v) is 8.59. The first-order valence-electron chi connectivity index (χ1n) is 9.68. The molecule has 0 radical (unpaired) electrons. The van der Waals surface area contributed by atoms with Gasteiger partial charge < -0.3 is 9.64 Å². The van der Waals surface area contributed by atoms with Gasteiger partial charge in [0.05, 0.1) is 20.9 Å². The van der Waals surface area contributed by atoms with Gasteiger partial charge in [0.25, 0.3) is 5.56 Å². The van der Waals surface area contributed by atoms with Crippen LogP contribution in [0.1, 0.15) is 37.4 Å². The molecule has 0 aliphatic carbocycles. The second-order valence-electron chi connectivity index (χ2n) is 7.77. The van der Waals surface area contributed by atoms with Gasteiger partial charge in [0.15, 0.2) is 0 Å². The Morgan fingerprint density at radius 1 is 1.19 bits per heavy atom. The Hall–Kier alpha value is -1.14. The van der Waals surface area contributed by atoms with Gasteiger partial charge in [-0.1, -0.05) is 23.2 Å². The van der Waals surface area contributed by atoms with Crippen LogP contribution in [-0.4, -0.2) is 47.3 Å². The van der Waals surface area contributed by atoms with Crippen molar-refractivity contribution >= 4 is 34.1 Å². The number of likely N-dealkylation sites (tertiary alicyclic amines) is 1. The van der Waals surface area contributed by atoms with Crippen LogP contribution in [0.15, 0.2) is 16.9 Å². The van der Waals surface area contributed by atoms with Crippen LogP contribution in [0.5, 0.6) is 0 Å². The van der Waals surface area contributed by atoms with E-state index in [2.05, 4.69) is 4.90 Å². The van der Waals surface area contributed by atoms with Gasteiger partial charge in [-0.2, -0.15) is 0 Å². The third-order valence-electron chi connectivity index (χ3n) is 5.88. The van der Waals surface area contributed by atoms with Gasteiger partial charge in [0, 0.05) is 39.3 Å². The number of fused-ring (bicyclic) bond motifs is 1. The van der Waals surface area contributed by atoms with Crippen molar-refractivity contribution in [3.63, 3.8) is 0 Å². The molecule has 1 aromatic carbocycles. The lowest BCUT2D eigenvalue weighted by atomic mass is 9.93. The molecule has 4 rings (SSSR count). The molecule has 0 amide bonds. The summed E-state index contributed by atoms with van der Waals surface area (Å²) in [5.41, 5.74) is 0.569. The van der Waals surface area contributed by atoms with Crippen molar-refractivity contribution in [3.05, 3.63) is 38.4 Å². The highest BCUT2D eigenvalue weighted by Crippen LogP contribution is 2.30. The van der Waals surface area contributed by atoms with Crippen molar-refractivity contribution in [1.82, 2.24) is 14.5 Å². The first-order valence-corrected chi connectivity index (χ1v) is 10.4. The zero-order valence-electron chi connectivity index (χ0n) is 15.6. The summed E-state index contributed by atoms with van der Waals surface area (Å²) in [6.07, 6.45) is 4.47. The molecule has 2 saturated heterocycles. The summed E-state index contributed by atoms with van der Waals surface area (Å²) in [5.74, 6) is 1.82. The normalized spacial score (nSPS) is 22.4. The van der Waals surface area contributed by atoms with Gasteiger partial charge >= 0.3 is 0 Å². The van der Waals surface area contributed by atoms with Crippen molar-refractivity contribution in [2.45, 2.75) is 31.6 Å². The summed E-state index contributed by atoms with van der Waals surface area (Å²) in [7, 11) is 1.81. The predicted molar refractivity (Wildman–Crippen MR) is 109 cm³/mol. The molecule has 2 fully saturated rings. The van der Waals surface area contributed by atoms with Crippen LogP contribution in [-0.2, 0) is 11.8 Å². The SMILES string of the molecule is Cn1c([C@H]2CCCN(CC3CCOCC3)C2)nc2cc(Cl)c(Cl)cc2c1=O. The van der Waals surface area contributed by atoms with Gasteiger partial charge in [-0.05, 0) is 50.3 Å². The van der Waals surface area contributed by atoms with Gasteiger partial charge in [0.1, 0.15) is 5.82 Å². The van der Waals surface area contributed by atoms with Crippen LogP contribution < -0.4 is 5.56 Å². The molecule has 0 saturated carbocycles. The maximum atomic E-state index is 12.8. The van der Waals surface area contributed by atoms with Crippen LogP contribution in [0.4, 0.5) is 0 Å². The summed E-state index contributed by atoms with van der Waals surface area (Å²) in [4.78, 5) is 20.2. The Bertz CT molecular complexity index is 893. The predicted octanol–water partition coefficient (Wildman–Crippen LogP) is 3.85. The van der Waals surface area contributed by atoms with Crippen molar-refractivity contribution in [3.8, 4) is 0 Å². The molecule has 3 heterocycles. The van der Waals surface area contributed by atoms with E-state index in [4.69, 9.17) is 32.9 Å². The Kier molecular flexibility index (Phi) is 5.74. The van der Waals surface area contributed by atoms with Crippen molar-refractivity contribution in [2.24, 2.45) is 13.0 Å². The van der Waals surface area contributed by atoms with E-state index in [9.17, 15) is 4.79 Å². The number of benzene rings is 1. The van der Waals surface area contributed by atoms with E-state index in [0.29, 0.717) is 26.9 Å². The highest BCUT2D eigenvalue weighted by atomic mass is 35.5. The van der Waals surface area contributed by atoms with Gasteiger partial charge in [-0.3, -0.25) is 9.36 Å². The fraction of sp³-hybridized carbons (Fsp3) is 0.600. The molecule has 0 spiro atoms. The number of hydrogen-bond donors (Lipinski definition) is 0. The summed E-state index contributed by atoms with van der Waals surface area (Å²) in [6.45, 7) is 4.95. The quantitative estimate of drug-likeness (QED) is 0.772. The highest BCUT2D eigenvalue weighted by molar-refractivity contribution is 6.42.